The van der Waals surface area contributed by atoms with Gasteiger partial charge in [-0.1, -0.05) is 66.5 Å². The molecule has 7 heteroatoms. The highest BCUT2D eigenvalue weighted by Gasteiger charge is 2.46. The van der Waals surface area contributed by atoms with Crippen molar-refractivity contribution < 1.29 is 13.9 Å². The average molecular weight is 535 g/mol. The molecular formula is C30H25Cl2FN2O2. The third-order valence-corrected chi connectivity index (χ3v) is 7.39. The number of likely N-dealkylation sites (tertiary alicyclic amines) is 1. The largest absolute Gasteiger partial charge is 0.477 e. The van der Waals surface area contributed by atoms with Gasteiger partial charge in [-0.15, -0.1) is 0 Å². The van der Waals surface area contributed by atoms with E-state index in [0.717, 1.165) is 16.7 Å². The lowest BCUT2D eigenvalue weighted by atomic mass is 9.77. The van der Waals surface area contributed by atoms with Gasteiger partial charge in [0.15, 0.2) is 0 Å². The molecule has 1 amide bonds. The molecule has 4 aromatic rings. The maximum absolute atomic E-state index is 13.6. The zero-order valence-corrected chi connectivity index (χ0v) is 21.7. The molecule has 1 aliphatic rings. The van der Waals surface area contributed by atoms with Gasteiger partial charge in [0.25, 0.3) is 5.91 Å². The number of halogens is 3. The van der Waals surface area contributed by atoms with Crippen molar-refractivity contribution in [1.29, 1.82) is 0 Å². The first-order valence-corrected chi connectivity index (χ1v) is 12.7. The number of carbonyl (C=O) groups excluding carboxylic acids is 1. The van der Waals surface area contributed by atoms with E-state index < -0.39 is 0 Å². The monoisotopic (exact) mass is 534 g/mol. The number of ether oxygens (including phenoxy) is 1. The number of hydrogen-bond donors (Lipinski definition) is 0. The zero-order chi connectivity index (χ0) is 26.0. The van der Waals surface area contributed by atoms with Crippen LogP contribution < -0.4 is 4.74 Å². The molecule has 0 aliphatic carbocycles. The predicted molar refractivity (Wildman–Crippen MR) is 145 cm³/mol. The molecule has 0 unspecified atom stereocenters. The van der Waals surface area contributed by atoms with Gasteiger partial charge in [0.1, 0.15) is 5.82 Å². The quantitative estimate of drug-likeness (QED) is 0.257. The van der Waals surface area contributed by atoms with Gasteiger partial charge in [-0.05, 0) is 59.2 Å². The number of nitrogens with zero attached hydrogens (tertiary/aromatic N) is 2. The number of hydrogen-bond acceptors (Lipinski definition) is 3. The highest BCUT2D eigenvalue weighted by atomic mass is 35.5. The Bertz CT molecular complexity index is 1380. The molecule has 0 spiro atoms. The van der Waals surface area contributed by atoms with Gasteiger partial charge >= 0.3 is 0 Å². The number of rotatable bonds is 6. The fourth-order valence-electron chi connectivity index (χ4n) is 4.87. The van der Waals surface area contributed by atoms with Gasteiger partial charge in [-0.2, -0.15) is 0 Å². The fourth-order valence-corrected chi connectivity index (χ4v) is 5.11. The van der Waals surface area contributed by atoms with Crippen LogP contribution in [0.25, 0.3) is 11.1 Å². The summed E-state index contributed by atoms with van der Waals surface area (Å²) in [6.07, 6.45) is 1.55. The maximum Gasteiger partial charge on any atom is 0.253 e. The standard InChI is InChI=1S/C30H25Cl2FN2O2/c1-30(19-37-28-15-12-25(32)16-34-28)18-35(17-27(30)22-6-10-24(31)11-7-22)29(36)23-4-2-20(3-5-23)21-8-13-26(33)14-9-21/h2-16,27H,17-19H2,1H3/t27-,30-/m1/s1. The van der Waals surface area contributed by atoms with E-state index in [-0.39, 0.29) is 23.1 Å². The normalized spacial score (nSPS) is 19.1. The van der Waals surface area contributed by atoms with Gasteiger partial charge in [-0.3, -0.25) is 4.79 Å². The van der Waals surface area contributed by atoms with E-state index in [1.54, 1.807) is 30.5 Å². The molecule has 1 fully saturated rings. The van der Waals surface area contributed by atoms with Crippen LogP contribution in [0.3, 0.4) is 0 Å². The predicted octanol–water partition coefficient (Wildman–Crippen LogP) is 7.52. The Labute approximate surface area is 225 Å². The molecule has 3 aromatic carbocycles. The summed E-state index contributed by atoms with van der Waals surface area (Å²) in [5, 5.41) is 1.21. The van der Waals surface area contributed by atoms with Gasteiger partial charge in [0.05, 0.1) is 11.6 Å². The van der Waals surface area contributed by atoms with Crippen LogP contribution >= 0.6 is 23.2 Å². The Morgan fingerprint density at radius 3 is 2.19 bits per heavy atom. The second kappa shape index (κ2) is 10.5. The first-order valence-electron chi connectivity index (χ1n) is 12.0. The third kappa shape index (κ3) is 5.63. The molecule has 5 rings (SSSR count). The van der Waals surface area contributed by atoms with E-state index in [1.165, 1.54) is 12.1 Å². The topological polar surface area (TPSA) is 42.4 Å². The van der Waals surface area contributed by atoms with Crippen LogP contribution in [0.1, 0.15) is 28.8 Å². The van der Waals surface area contributed by atoms with Crippen molar-refractivity contribution in [2.24, 2.45) is 5.41 Å². The van der Waals surface area contributed by atoms with E-state index in [1.807, 2.05) is 53.4 Å². The lowest BCUT2D eigenvalue weighted by Crippen LogP contribution is -2.35. The molecule has 1 saturated heterocycles. The molecule has 4 nitrogen and oxygen atoms in total. The van der Waals surface area contributed by atoms with Crippen molar-refractivity contribution >= 4 is 29.1 Å². The summed E-state index contributed by atoms with van der Waals surface area (Å²) in [6.45, 7) is 3.58. The van der Waals surface area contributed by atoms with Crippen molar-refractivity contribution in [2.75, 3.05) is 19.7 Å². The second-order valence-corrected chi connectivity index (χ2v) is 10.5. The summed E-state index contributed by atoms with van der Waals surface area (Å²) in [5.74, 6) is 0.206. The van der Waals surface area contributed by atoms with Crippen LogP contribution in [0.4, 0.5) is 4.39 Å². The van der Waals surface area contributed by atoms with Crippen molar-refractivity contribution in [3.05, 3.63) is 118 Å². The summed E-state index contributed by atoms with van der Waals surface area (Å²) >= 11 is 12.1. The van der Waals surface area contributed by atoms with Gasteiger partial charge in [0.2, 0.25) is 5.88 Å². The molecular weight excluding hydrogens is 510 g/mol. The molecule has 1 aliphatic heterocycles. The smallest absolute Gasteiger partial charge is 0.253 e. The van der Waals surface area contributed by atoms with Crippen molar-refractivity contribution in [3.63, 3.8) is 0 Å². The SMILES string of the molecule is C[C@]1(COc2ccc(Cl)cn2)CN(C(=O)c2ccc(-c3ccc(F)cc3)cc2)C[C@@H]1c1ccc(Cl)cc1. The molecule has 0 bridgehead atoms. The number of benzene rings is 3. The molecule has 2 heterocycles. The molecule has 188 valence electrons. The summed E-state index contributed by atoms with van der Waals surface area (Å²) in [4.78, 5) is 19.7. The van der Waals surface area contributed by atoms with Gasteiger partial charge in [0, 0.05) is 47.3 Å². The van der Waals surface area contributed by atoms with Gasteiger partial charge < -0.3 is 9.64 Å². The van der Waals surface area contributed by atoms with Crippen molar-refractivity contribution in [3.8, 4) is 17.0 Å². The number of aromatic nitrogens is 1. The Balaban J connectivity index is 1.37. The maximum atomic E-state index is 13.6. The Morgan fingerprint density at radius 2 is 1.57 bits per heavy atom. The molecule has 0 radical (unpaired) electrons. The van der Waals surface area contributed by atoms with Crippen molar-refractivity contribution in [2.45, 2.75) is 12.8 Å². The summed E-state index contributed by atoms with van der Waals surface area (Å²) < 4.78 is 19.3. The minimum atomic E-state index is -0.362. The van der Waals surface area contributed by atoms with E-state index in [0.29, 0.717) is 41.2 Å². The van der Waals surface area contributed by atoms with Crippen LogP contribution in [0.15, 0.2) is 91.1 Å². The second-order valence-electron chi connectivity index (χ2n) is 9.63. The Morgan fingerprint density at radius 1 is 0.946 bits per heavy atom. The summed E-state index contributed by atoms with van der Waals surface area (Å²) in [6, 6.07) is 25.0. The van der Waals surface area contributed by atoms with Crippen LogP contribution in [0.2, 0.25) is 10.0 Å². The lowest BCUT2D eigenvalue weighted by Gasteiger charge is -2.30. The molecule has 2 atom stereocenters. The molecule has 37 heavy (non-hydrogen) atoms. The number of carbonyl (C=O) groups is 1. The molecule has 1 aromatic heterocycles. The summed E-state index contributed by atoms with van der Waals surface area (Å²) in [5.41, 5.74) is 3.15. The first kappa shape index (κ1) is 25.2. The number of pyridine rings is 1. The zero-order valence-electron chi connectivity index (χ0n) is 20.2. The van der Waals surface area contributed by atoms with E-state index in [2.05, 4.69) is 11.9 Å². The average Bonchev–Trinajstić information content (AvgIpc) is 3.26. The highest BCUT2D eigenvalue weighted by molar-refractivity contribution is 6.30. The third-order valence-electron chi connectivity index (χ3n) is 6.92. The summed E-state index contributed by atoms with van der Waals surface area (Å²) in [7, 11) is 0. The van der Waals surface area contributed by atoms with E-state index in [9.17, 15) is 9.18 Å². The van der Waals surface area contributed by atoms with E-state index in [4.69, 9.17) is 27.9 Å². The lowest BCUT2D eigenvalue weighted by molar-refractivity contribution is 0.0758. The first-order chi connectivity index (χ1) is 17.8. The van der Waals surface area contributed by atoms with Gasteiger partial charge in [-0.25, -0.2) is 9.37 Å². The number of amides is 1. The fraction of sp³-hybridized carbons (Fsp3) is 0.200. The van der Waals surface area contributed by atoms with E-state index >= 15 is 0 Å². The molecule has 0 N–H and O–H groups in total. The Hall–Kier alpha value is -3.41. The van der Waals surface area contributed by atoms with Crippen LogP contribution in [0.5, 0.6) is 5.88 Å². The van der Waals surface area contributed by atoms with Crippen molar-refractivity contribution in [1.82, 2.24) is 9.88 Å². The Kier molecular flexibility index (Phi) is 7.18. The van der Waals surface area contributed by atoms with Crippen LogP contribution in [0, 0.1) is 11.2 Å². The molecule has 0 saturated carbocycles. The minimum Gasteiger partial charge on any atom is -0.477 e. The highest BCUT2D eigenvalue weighted by Crippen LogP contribution is 2.44. The van der Waals surface area contributed by atoms with Crippen LogP contribution in [-0.2, 0) is 0 Å². The minimum absolute atomic E-state index is 0.0412. The van der Waals surface area contributed by atoms with Crippen LogP contribution in [-0.4, -0.2) is 35.5 Å².